The monoisotopic (exact) mass is 277 g/mol. The molecule has 0 atom stereocenters. The summed E-state index contributed by atoms with van der Waals surface area (Å²) in [7, 11) is 0. The lowest BCUT2D eigenvalue weighted by atomic mass is 10.1. The molecule has 0 aliphatic heterocycles. The molecule has 0 fully saturated rings. The zero-order chi connectivity index (χ0) is 14.7. The lowest BCUT2D eigenvalue weighted by molar-refractivity contribution is 1.02. The molecule has 0 aliphatic carbocycles. The van der Waals surface area contributed by atoms with Crippen molar-refractivity contribution in [2.24, 2.45) is 0 Å². The summed E-state index contributed by atoms with van der Waals surface area (Å²) < 4.78 is 0. The number of hydrogen-bond donors (Lipinski definition) is 2. The molecule has 0 saturated heterocycles. The molecule has 3 nitrogen and oxygen atoms in total. The average molecular weight is 277 g/mol. The van der Waals surface area contributed by atoms with Gasteiger partial charge in [0.2, 0.25) is 0 Å². The third-order valence-corrected chi connectivity index (χ3v) is 3.61. The number of fused-ring (bicyclic) bond motifs is 1. The Morgan fingerprint density at radius 3 is 2.81 bits per heavy atom. The smallest absolute Gasteiger partial charge is 0.0951 e. The fraction of sp³-hybridized carbons (Fsp3) is 0.167. The molecule has 0 unspecified atom stereocenters. The molecule has 3 aromatic rings. The normalized spacial score (nSPS) is 10.7. The first-order valence-electron chi connectivity index (χ1n) is 7.16. The number of nitrogens with zero attached hydrogens (tertiary/aromatic N) is 1. The number of aromatic nitrogens is 1. The highest BCUT2D eigenvalue weighted by atomic mass is 14.9. The maximum absolute atomic E-state index is 5.97. The van der Waals surface area contributed by atoms with Crippen LogP contribution in [0.25, 0.3) is 10.9 Å². The van der Waals surface area contributed by atoms with Gasteiger partial charge in [0.1, 0.15) is 0 Å². The molecule has 3 rings (SSSR count). The summed E-state index contributed by atoms with van der Waals surface area (Å²) in [5.74, 6) is 0. The standard InChI is InChI=1S/C18H19N3/c1-13-4-2-5-14(12-13)8-10-20-17-9-11-21-18-15(17)6-3-7-16(18)19/h2-7,9,11-12H,8,10,19H2,1H3,(H,20,21). The zero-order valence-electron chi connectivity index (χ0n) is 12.1. The SMILES string of the molecule is Cc1cccc(CCNc2ccnc3c(N)cccc23)c1. The van der Waals surface area contributed by atoms with Gasteiger partial charge in [0.25, 0.3) is 0 Å². The Kier molecular flexibility index (Phi) is 3.73. The van der Waals surface area contributed by atoms with Crippen LogP contribution in [0, 0.1) is 6.92 Å². The molecule has 0 bridgehead atoms. The number of nitrogens with two attached hydrogens (primary N) is 1. The van der Waals surface area contributed by atoms with Gasteiger partial charge in [-0.15, -0.1) is 0 Å². The first-order chi connectivity index (χ1) is 10.2. The highest BCUT2D eigenvalue weighted by Crippen LogP contribution is 2.25. The molecule has 2 aromatic carbocycles. The third kappa shape index (κ3) is 2.97. The van der Waals surface area contributed by atoms with E-state index in [2.05, 4.69) is 41.5 Å². The summed E-state index contributed by atoms with van der Waals surface area (Å²) in [6.07, 6.45) is 2.79. The van der Waals surface area contributed by atoms with Crippen LogP contribution in [0.5, 0.6) is 0 Å². The Balaban J connectivity index is 1.75. The van der Waals surface area contributed by atoms with Crippen LogP contribution in [0.15, 0.2) is 54.7 Å². The Bertz CT molecular complexity index is 765. The van der Waals surface area contributed by atoms with Crippen molar-refractivity contribution in [3.8, 4) is 0 Å². The lowest BCUT2D eigenvalue weighted by Crippen LogP contribution is -2.06. The number of nitrogens with one attached hydrogen (secondary N) is 1. The first kappa shape index (κ1) is 13.4. The van der Waals surface area contributed by atoms with Gasteiger partial charge >= 0.3 is 0 Å². The van der Waals surface area contributed by atoms with Gasteiger partial charge in [-0.3, -0.25) is 4.98 Å². The molecule has 1 aromatic heterocycles. The third-order valence-electron chi connectivity index (χ3n) is 3.61. The molecular weight excluding hydrogens is 258 g/mol. The van der Waals surface area contributed by atoms with E-state index in [4.69, 9.17) is 5.73 Å². The molecule has 0 radical (unpaired) electrons. The van der Waals surface area contributed by atoms with E-state index in [1.807, 2.05) is 24.3 Å². The molecule has 3 N–H and O–H groups in total. The molecule has 0 amide bonds. The summed E-state index contributed by atoms with van der Waals surface area (Å²) in [5, 5.41) is 4.56. The molecule has 0 spiro atoms. The maximum atomic E-state index is 5.97. The van der Waals surface area contributed by atoms with E-state index in [0.29, 0.717) is 0 Å². The van der Waals surface area contributed by atoms with Crippen molar-refractivity contribution < 1.29 is 0 Å². The van der Waals surface area contributed by atoms with E-state index in [-0.39, 0.29) is 0 Å². The van der Waals surface area contributed by atoms with Gasteiger partial charge in [-0.1, -0.05) is 42.0 Å². The van der Waals surface area contributed by atoms with Gasteiger partial charge in [-0.25, -0.2) is 0 Å². The fourth-order valence-corrected chi connectivity index (χ4v) is 2.56. The lowest BCUT2D eigenvalue weighted by Gasteiger charge is -2.10. The zero-order valence-corrected chi connectivity index (χ0v) is 12.1. The van der Waals surface area contributed by atoms with Crippen LogP contribution >= 0.6 is 0 Å². The molecule has 0 saturated carbocycles. The maximum Gasteiger partial charge on any atom is 0.0951 e. The van der Waals surface area contributed by atoms with Crippen LogP contribution in [-0.4, -0.2) is 11.5 Å². The fourth-order valence-electron chi connectivity index (χ4n) is 2.56. The molecule has 21 heavy (non-hydrogen) atoms. The molecular formula is C18H19N3. The van der Waals surface area contributed by atoms with Crippen molar-refractivity contribution in [3.63, 3.8) is 0 Å². The molecule has 0 aliphatic rings. The van der Waals surface area contributed by atoms with Crippen LogP contribution in [0.2, 0.25) is 0 Å². The number of aryl methyl sites for hydroxylation is 1. The van der Waals surface area contributed by atoms with Gasteiger partial charge < -0.3 is 11.1 Å². The molecule has 1 heterocycles. The number of benzene rings is 2. The van der Waals surface area contributed by atoms with E-state index < -0.39 is 0 Å². The number of rotatable bonds is 4. The van der Waals surface area contributed by atoms with Crippen LogP contribution in [0.1, 0.15) is 11.1 Å². The quantitative estimate of drug-likeness (QED) is 0.713. The van der Waals surface area contributed by atoms with Crippen LogP contribution in [0.3, 0.4) is 0 Å². The topological polar surface area (TPSA) is 50.9 Å². The second-order valence-corrected chi connectivity index (χ2v) is 5.27. The molecule has 3 heteroatoms. The van der Waals surface area contributed by atoms with Gasteiger partial charge in [-0.2, -0.15) is 0 Å². The number of pyridine rings is 1. The van der Waals surface area contributed by atoms with Gasteiger partial charge in [0, 0.05) is 23.8 Å². The van der Waals surface area contributed by atoms with E-state index in [1.165, 1.54) is 11.1 Å². The summed E-state index contributed by atoms with van der Waals surface area (Å²) in [5.41, 5.74) is 11.3. The summed E-state index contributed by atoms with van der Waals surface area (Å²) in [6, 6.07) is 16.5. The van der Waals surface area contributed by atoms with E-state index in [1.54, 1.807) is 6.20 Å². The predicted octanol–water partition coefficient (Wildman–Crippen LogP) is 3.78. The van der Waals surface area contributed by atoms with Crippen LogP contribution in [0.4, 0.5) is 11.4 Å². The first-order valence-corrected chi connectivity index (χ1v) is 7.16. The van der Waals surface area contributed by atoms with Crippen molar-refractivity contribution in [2.45, 2.75) is 13.3 Å². The summed E-state index contributed by atoms with van der Waals surface area (Å²) in [4.78, 5) is 4.35. The number of nitrogen functional groups attached to an aromatic ring is 1. The van der Waals surface area contributed by atoms with E-state index >= 15 is 0 Å². The minimum Gasteiger partial charge on any atom is -0.397 e. The number of para-hydroxylation sites is 1. The van der Waals surface area contributed by atoms with Crippen molar-refractivity contribution in [2.75, 3.05) is 17.6 Å². The van der Waals surface area contributed by atoms with Crippen molar-refractivity contribution in [3.05, 3.63) is 65.9 Å². The predicted molar refractivity (Wildman–Crippen MR) is 89.5 cm³/mol. The van der Waals surface area contributed by atoms with Gasteiger partial charge in [-0.05, 0) is 31.0 Å². The van der Waals surface area contributed by atoms with Crippen LogP contribution < -0.4 is 11.1 Å². The highest BCUT2D eigenvalue weighted by molar-refractivity contribution is 5.97. The summed E-state index contributed by atoms with van der Waals surface area (Å²) in [6.45, 7) is 3.01. The average Bonchev–Trinajstić information content (AvgIpc) is 2.48. The minimum atomic E-state index is 0.717. The van der Waals surface area contributed by atoms with Gasteiger partial charge in [0.05, 0.1) is 11.2 Å². The number of anilines is 2. The largest absolute Gasteiger partial charge is 0.397 e. The number of hydrogen-bond acceptors (Lipinski definition) is 3. The van der Waals surface area contributed by atoms with E-state index in [9.17, 15) is 0 Å². The second kappa shape index (κ2) is 5.83. The molecule has 106 valence electrons. The Hall–Kier alpha value is -2.55. The Morgan fingerprint density at radius 2 is 1.95 bits per heavy atom. The second-order valence-electron chi connectivity index (χ2n) is 5.27. The van der Waals surface area contributed by atoms with Crippen molar-refractivity contribution in [1.82, 2.24) is 4.98 Å². The van der Waals surface area contributed by atoms with Crippen molar-refractivity contribution >= 4 is 22.3 Å². The van der Waals surface area contributed by atoms with E-state index in [0.717, 1.165) is 35.2 Å². The van der Waals surface area contributed by atoms with Gasteiger partial charge in [0.15, 0.2) is 0 Å². The highest BCUT2D eigenvalue weighted by Gasteiger charge is 2.03. The Morgan fingerprint density at radius 1 is 1.10 bits per heavy atom. The summed E-state index contributed by atoms with van der Waals surface area (Å²) >= 11 is 0. The van der Waals surface area contributed by atoms with Crippen molar-refractivity contribution in [1.29, 1.82) is 0 Å². The Labute approximate surface area is 124 Å². The van der Waals surface area contributed by atoms with Crippen LogP contribution in [-0.2, 0) is 6.42 Å². The minimum absolute atomic E-state index is 0.717.